The first kappa shape index (κ1) is 34.1. The van der Waals surface area contributed by atoms with Crippen molar-refractivity contribution in [3.8, 4) is 0 Å². The lowest BCUT2D eigenvalue weighted by Crippen LogP contribution is -2.48. The molecule has 0 aromatic heterocycles. The van der Waals surface area contributed by atoms with Gasteiger partial charge in [0.1, 0.15) is 0 Å². The topological polar surface area (TPSA) is 6.48 Å². The molecular formula is C35H72N3+. The molecule has 0 saturated carbocycles. The highest BCUT2D eigenvalue weighted by atomic mass is 15.3. The van der Waals surface area contributed by atoms with Gasteiger partial charge in [0.15, 0.2) is 0 Å². The summed E-state index contributed by atoms with van der Waals surface area (Å²) in [6.45, 7) is 18.9. The highest BCUT2D eigenvalue weighted by Crippen LogP contribution is 2.25. The third kappa shape index (κ3) is 13.5. The Morgan fingerprint density at radius 3 is 1.08 bits per heavy atom. The van der Waals surface area contributed by atoms with Crippen molar-refractivity contribution < 1.29 is 4.48 Å². The molecule has 2 aliphatic rings. The van der Waals surface area contributed by atoms with Crippen molar-refractivity contribution in [3.63, 3.8) is 0 Å². The first-order valence-electron chi connectivity index (χ1n) is 17.7. The summed E-state index contributed by atoms with van der Waals surface area (Å²) >= 11 is 0. The molecule has 2 fully saturated rings. The highest BCUT2D eigenvalue weighted by Gasteiger charge is 2.30. The lowest BCUT2D eigenvalue weighted by molar-refractivity contribution is -0.910. The second-order valence-corrected chi connectivity index (χ2v) is 14.1. The average Bonchev–Trinajstić information content (AvgIpc) is 3.39. The van der Waals surface area contributed by atoms with Gasteiger partial charge >= 0.3 is 0 Å². The minimum Gasteiger partial charge on any atom is -0.326 e. The van der Waals surface area contributed by atoms with Crippen LogP contribution in [-0.2, 0) is 0 Å². The van der Waals surface area contributed by atoms with Crippen molar-refractivity contribution in [2.24, 2.45) is 0 Å². The van der Waals surface area contributed by atoms with Gasteiger partial charge in [-0.25, -0.2) is 0 Å². The molecule has 2 aliphatic heterocycles. The Balaban J connectivity index is 1.61. The van der Waals surface area contributed by atoms with Crippen LogP contribution in [0.25, 0.3) is 0 Å². The van der Waals surface area contributed by atoms with E-state index in [-0.39, 0.29) is 0 Å². The lowest BCUT2D eigenvalue weighted by atomic mass is 10.0. The molecule has 0 amide bonds. The van der Waals surface area contributed by atoms with Gasteiger partial charge in [-0.3, -0.25) is 9.80 Å². The van der Waals surface area contributed by atoms with E-state index in [1.54, 1.807) is 0 Å². The monoisotopic (exact) mass is 535 g/mol. The number of hydrogen-bond donors (Lipinski definition) is 0. The Morgan fingerprint density at radius 2 is 0.737 bits per heavy atom. The van der Waals surface area contributed by atoms with Gasteiger partial charge in [0.2, 0.25) is 0 Å². The fourth-order valence-electron chi connectivity index (χ4n) is 7.67. The maximum absolute atomic E-state index is 2.80. The van der Waals surface area contributed by atoms with Crippen LogP contribution in [0.15, 0.2) is 0 Å². The Morgan fingerprint density at radius 1 is 0.447 bits per heavy atom. The van der Waals surface area contributed by atoms with Gasteiger partial charge in [-0.1, -0.05) is 84.0 Å². The summed E-state index contributed by atoms with van der Waals surface area (Å²) in [5.74, 6) is 0. The molecule has 0 N–H and O–H groups in total. The van der Waals surface area contributed by atoms with Crippen LogP contribution in [0.4, 0.5) is 0 Å². The molecule has 0 radical (unpaired) electrons. The van der Waals surface area contributed by atoms with Crippen LogP contribution in [0.3, 0.4) is 0 Å². The maximum Gasteiger partial charge on any atom is 0.0796 e. The molecule has 4 unspecified atom stereocenters. The van der Waals surface area contributed by atoms with Crippen molar-refractivity contribution in [1.29, 1.82) is 0 Å². The van der Waals surface area contributed by atoms with E-state index < -0.39 is 0 Å². The number of quaternary nitrogens is 1. The molecule has 3 nitrogen and oxygen atoms in total. The molecule has 0 aliphatic carbocycles. The van der Waals surface area contributed by atoms with Gasteiger partial charge < -0.3 is 4.48 Å². The van der Waals surface area contributed by atoms with Crippen LogP contribution in [0.1, 0.15) is 163 Å². The number of nitrogens with zero attached hydrogens (tertiary/aromatic N) is 3. The SMILES string of the molecule is CCCCCCCCCCCCCCCC[N+](C)(CCCN1C(C)CCC1C)CCCN1C(C)CCC1C. The molecule has 38 heavy (non-hydrogen) atoms. The van der Waals surface area contributed by atoms with Gasteiger partial charge in [0, 0.05) is 50.1 Å². The zero-order chi connectivity index (χ0) is 27.6. The molecule has 0 spiro atoms. The molecule has 2 heterocycles. The Kier molecular flexibility index (Phi) is 17.8. The average molecular weight is 535 g/mol. The van der Waals surface area contributed by atoms with Gasteiger partial charge in [-0.2, -0.15) is 0 Å². The summed E-state index contributed by atoms with van der Waals surface area (Å²) in [6, 6.07) is 3.20. The van der Waals surface area contributed by atoms with Crippen molar-refractivity contribution in [2.75, 3.05) is 39.8 Å². The van der Waals surface area contributed by atoms with E-state index in [1.165, 1.54) is 166 Å². The number of hydrogen-bond acceptors (Lipinski definition) is 2. The third-order valence-corrected chi connectivity index (χ3v) is 10.5. The van der Waals surface area contributed by atoms with Crippen molar-refractivity contribution in [3.05, 3.63) is 0 Å². The first-order valence-corrected chi connectivity index (χ1v) is 17.7. The zero-order valence-corrected chi connectivity index (χ0v) is 27.3. The normalized spacial score (nSPS) is 26.4. The molecule has 226 valence electrons. The summed E-state index contributed by atoms with van der Waals surface area (Å²) in [4.78, 5) is 5.59. The number of likely N-dealkylation sites (tertiary alicyclic amines) is 2. The number of rotatable bonds is 23. The highest BCUT2D eigenvalue weighted by molar-refractivity contribution is 4.83. The van der Waals surface area contributed by atoms with Gasteiger partial charge in [-0.05, 0) is 66.2 Å². The summed E-state index contributed by atoms with van der Waals surface area (Å²) < 4.78 is 1.31. The predicted molar refractivity (Wildman–Crippen MR) is 170 cm³/mol. The van der Waals surface area contributed by atoms with Crippen molar-refractivity contribution in [2.45, 2.75) is 187 Å². The van der Waals surface area contributed by atoms with Crippen LogP contribution < -0.4 is 0 Å². The quantitative estimate of drug-likeness (QED) is 0.0951. The van der Waals surface area contributed by atoms with E-state index >= 15 is 0 Å². The Bertz CT molecular complexity index is 513. The van der Waals surface area contributed by atoms with E-state index in [2.05, 4.69) is 51.5 Å². The molecule has 0 bridgehead atoms. The van der Waals surface area contributed by atoms with Crippen LogP contribution in [-0.4, -0.2) is 78.2 Å². The summed E-state index contributed by atoms with van der Waals surface area (Å²) in [5, 5.41) is 0. The van der Waals surface area contributed by atoms with Gasteiger partial charge in [0.05, 0.1) is 26.7 Å². The summed E-state index contributed by atoms with van der Waals surface area (Å²) in [6.07, 6.45) is 28.8. The fraction of sp³-hybridized carbons (Fsp3) is 1.00. The van der Waals surface area contributed by atoms with Crippen LogP contribution >= 0.6 is 0 Å². The van der Waals surface area contributed by atoms with Crippen molar-refractivity contribution >= 4 is 0 Å². The molecular weight excluding hydrogens is 462 g/mol. The minimum atomic E-state index is 0.799. The van der Waals surface area contributed by atoms with Crippen LogP contribution in [0, 0.1) is 0 Å². The minimum absolute atomic E-state index is 0.799. The predicted octanol–water partition coefficient (Wildman–Crippen LogP) is 9.44. The van der Waals surface area contributed by atoms with Crippen LogP contribution in [0.5, 0.6) is 0 Å². The smallest absolute Gasteiger partial charge is 0.0796 e. The molecule has 2 rings (SSSR count). The Hall–Kier alpha value is -0.120. The van der Waals surface area contributed by atoms with E-state index in [9.17, 15) is 0 Å². The van der Waals surface area contributed by atoms with E-state index in [0.29, 0.717) is 0 Å². The van der Waals surface area contributed by atoms with Crippen molar-refractivity contribution in [1.82, 2.24) is 9.80 Å². The maximum atomic E-state index is 2.80. The molecule has 0 aromatic carbocycles. The number of unbranched alkanes of at least 4 members (excludes halogenated alkanes) is 13. The molecule has 2 saturated heterocycles. The van der Waals surface area contributed by atoms with Gasteiger partial charge in [0.25, 0.3) is 0 Å². The molecule has 4 atom stereocenters. The summed E-state index contributed by atoms with van der Waals surface area (Å²) in [7, 11) is 2.59. The van der Waals surface area contributed by atoms with Crippen LogP contribution in [0.2, 0.25) is 0 Å². The van der Waals surface area contributed by atoms with Gasteiger partial charge in [-0.15, -0.1) is 0 Å². The largest absolute Gasteiger partial charge is 0.326 e. The Labute approximate surface area is 241 Å². The third-order valence-electron chi connectivity index (χ3n) is 10.5. The molecule has 3 heteroatoms. The second kappa shape index (κ2) is 19.9. The second-order valence-electron chi connectivity index (χ2n) is 14.1. The van der Waals surface area contributed by atoms with E-state index in [1.807, 2.05) is 0 Å². The first-order chi connectivity index (χ1) is 18.4. The fourth-order valence-corrected chi connectivity index (χ4v) is 7.67. The lowest BCUT2D eigenvalue weighted by Gasteiger charge is -2.37. The molecule has 0 aromatic rings. The van der Waals surface area contributed by atoms with E-state index in [4.69, 9.17) is 0 Å². The zero-order valence-electron chi connectivity index (χ0n) is 27.3. The summed E-state index contributed by atoms with van der Waals surface area (Å²) in [5.41, 5.74) is 0. The van der Waals surface area contributed by atoms with E-state index in [0.717, 1.165) is 24.2 Å². The standard InChI is InChI=1S/C35H72N3/c1-7-8-9-10-11-12-13-14-15-16-17-18-19-20-29-38(6,30-21-27-36-32(2)23-24-33(36)3)31-22-28-37-34(4)25-26-35(37)5/h32-35H,7-31H2,1-6H3/q+1.